The molecule has 5 heteroatoms. The van der Waals surface area contributed by atoms with Gasteiger partial charge in [-0.2, -0.15) is 0 Å². The number of amides is 1. The predicted octanol–water partition coefficient (Wildman–Crippen LogP) is 4.11. The summed E-state index contributed by atoms with van der Waals surface area (Å²) in [4.78, 5) is 12.0. The molecule has 22 heavy (non-hydrogen) atoms. The lowest BCUT2D eigenvalue weighted by Crippen LogP contribution is -2.30. The van der Waals surface area contributed by atoms with Crippen molar-refractivity contribution in [2.45, 2.75) is 26.8 Å². The van der Waals surface area contributed by atoms with Crippen LogP contribution < -0.4 is 16.4 Å². The number of hydrogen-bond acceptors (Lipinski definition) is 3. The fourth-order valence-electron chi connectivity index (χ4n) is 1.99. The van der Waals surface area contributed by atoms with Gasteiger partial charge in [0.1, 0.15) is 0 Å². The number of benzene rings is 2. The van der Waals surface area contributed by atoms with Crippen molar-refractivity contribution in [3.05, 3.63) is 52.5 Å². The molecule has 0 aliphatic heterocycles. The summed E-state index contributed by atoms with van der Waals surface area (Å²) in [5.74, 6) is -0.133. The molecule has 4 N–H and O–H groups in total. The van der Waals surface area contributed by atoms with Gasteiger partial charge in [-0.1, -0.05) is 17.7 Å². The molecule has 0 aliphatic rings. The normalized spacial score (nSPS) is 10.6. The van der Waals surface area contributed by atoms with E-state index in [1.165, 1.54) is 0 Å². The van der Waals surface area contributed by atoms with Gasteiger partial charge in [0.25, 0.3) is 5.91 Å². The van der Waals surface area contributed by atoms with E-state index in [1.54, 1.807) is 18.2 Å². The number of hydrogen-bond donors (Lipinski definition) is 3. The number of aryl methyl sites for hydroxylation is 1. The predicted molar refractivity (Wildman–Crippen MR) is 92.9 cm³/mol. The maximum absolute atomic E-state index is 12.0. The van der Waals surface area contributed by atoms with Crippen molar-refractivity contribution in [1.82, 2.24) is 5.32 Å². The Morgan fingerprint density at radius 2 is 1.91 bits per heavy atom. The number of carbonyl (C=O) groups excluding carboxylic acids is 1. The van der Waals surface area contributed by atoms with E-state index in [9.17, 15) is 4.79 Å². The van der Waals surface area contributed by atoms with Crippen molar-refractivity contribution < 1.29 is 4.79 Å². The van der Waals surface area contributed by atoms with Crippen LogP contribution in [-0.4, -0.2) is 11.9 Å². The minimum absolute atomic E-state index is 0.0845. The molecule has 2 rings (SSSR count). The number of carbonyl (C=O) groups is 1. The van der Waals surface area contributed by atoms with Crippen LogP contribution in [0.2, 0.25) is 5.02 Å². The zero-order chi connectivity index (χ0) is 16.3. The Labute approximate surface area is 135 Å². The van der Waals surface area contributed by atoms with Crippen LogP contribution in [0.25, 0.3) is 0 Å². The topological polar surface area (TPSA) is 67.2 Å². The van der Waals surface area contributed by atoms with Crippen LogP contribution in [0.5, 0.6) is 0 Å². The molecule has 0 unspecified atom stereocenters. The summed E-state index contributed by atoms with van der Waals surface area (Å²) in [6.07, 6.45) is 0. The molecule has 0 aliphatic carbocycles. The highest BCUT2D eigenvalue weighted by atomic mass is 35.5. The summed E-state index contributed by atoms with van der Waals surface area (Å²) in [6.45, 7) is 5.78. The van der Waals surface area contributed by atoms with E-state index < -0.39 is 0 Å². The monoisotopic (exact) mass is 317 g/mol. The van der Waals surface area contributed by atoms with Crippen molar-refractivity contribution in [3.63, 3.8) is 0 Å². The molecule has 116 valence electrons. The highest BCUT2D eigenvalue weighted by molar-refractivity contribution is 6.31. The van der Waals surface area contributed by atoms with Crippen molar-refractivity contribution >= 4 is 34.6 Å². The second-order valence-corrected chi connectivity index (χ2v) is 5.93. The molecule has 1 amide bonds. The SMILES string of the molecule is Cc1ccc(Nc2ccc(C(=O)NC(C)C)cc2N)cc1Cl. The summed E-state index contributed by atoms with van der Waals surface area (Å²) in [7, 11) is 0. The van der Waals surface area contributed by atoms with E-state index in [1.807, 2.05) is 39.0 Å². The first-order valence-corrected chi connectivity index (χ1v) is 7.48. The average Bonchev–Trinajstić information content (AvgIpc) is 2.44. The third-order valence-corrected chi connectivity index (χ3v) is 3.59. The van der Waals surface area contributed by atoms with Gasteiger partial charge in [-0.25, -0.2) is 0 Å². The summed E-state index contributed by atoms with van der Waals surface area (Å²) in [6, 6.07) is 11.0. The molecule has 2 aromatic rings. The molecule has 2 aromatic carbocycles. The number of nitrogen functional groups attached to an aromatic ring is 1. The van der Waals surface area contributed by atoms with Crippen LogP contribution in [-0.2, 0) is 0 Å². The lowest BCUT2D eigenvalue weighted by molar-refractivity contribution is 0.0943. The Bertz CT molecular complexity index is 698. The standard InChI is InChI=1S/C17H20ClN3O/c1-10(2)20-17(22)12-5-7-16(15(19)8-12)21-13-6-4-11(3)14(18)9-13/h4-10,21H,19H2,1-3H3,(H,20,22). The summed E-state index contributed by atoms with van der Waals surface area (Å²) in [5.41, 5.74) is 9.68. The zero-order valence-electron chi connectivity index (χ0n) is 12.9. The van der Waals surface area contributed by atoms with Gasteiger partial charge >= 0.3 is 0 Å². The Morgan fingerprint density at radius 3 is 2.50 bits per heavy atom. The second kappa shape index (κ2) is 6.71. The summed E-state index contributed by atoms with van der Waals surface area (Å²) < 4.78 is 0. The number of nitrogens with two attached hydrogens (primary N) is 1. The van der Waals surface area contributed by atoms with E-state index >= 15 is 0 Å². The van der Waals surface area contributed by atoms with Crippen molar-refractivity contribution in [1.29, 1.82) is 0 Å². The van der Waals surface area contributed by atoms with Gasteiger partial charge in [0, 0.05) is 22.3 Å². The number of anilines is 3. The molecule has 0 fully saturated rings. The number of nitrogens with one attached hydrogen (secondary N) is 2. The van der Waals surface area contributed by atoms with Crippen LogP contribution in [0.3, 0.4) is 0 Å². The van der Waals surface area contributed by atoms with Crippen LogP contribution in [0.4, 0.5) is 17.1 Å². The first kappa shape index (κ1) is 16.2. The van der Waals surface area contributed by atoms with Crippen LogP contribution >= 0.6 is 11.6 Å². The fourth-order valence-corrected chi connectivity index (χ4v) is 2.17. The van der Waals surface area contributed by atoms with Crippen molar-refractivity contribution in [3.8, 4) is 0 Å². The third kappa shape index (κ3) is 3.92. The molecule has 0 heterocycles. The van der Waals surface area contributed by atoms with Gasteiger partial charge in [-0.15, -0.1) is 0 Å². The molecular weight excluding hydrogens is 298 g/mol. The first-order valence-electron chi connectivity index (χ1n) is 7.10. The van der Waals surface area contributed by atoms with E-state index in [0.29, 0.717) is 16.3 Å². The van der Waals surface area contributed by atoms with Crippen LogP contribution in [0.1, 0.15) is 29.8 Å². The van der Waals surface area contributed by atoms with Crippen LogP contribution in [0, 0.1) is 6.92 Å². The fraction of sp³-hybridized carbons (Fsp3) is 0.235. The van der Waals surface area contributed by atoms with E-state index in [4.69, 9.17) is 17.3 Å². The first-order chi connectivity index (χ1) is 10.4. The molecule has 4 nitrogen and oxygen atoms in total. The van der Waals surface area contributed by atoms with Crippen molar-refractivity contribution in [2.24, 2.45) is 0 Å². The zero-order valence-corrected chi connectivity index (χ0v) is 13.7. The number of halogens is 1. The maximum atomic E-state index is 12.0. The smallest absolute Gasteiger partial charge is 0.251 e. The largest absolute Gasteiger partial charge is 0.397 e. The van der Waals surface area contributed by atoms with Gasteiger partial charge in [-0.05, 0) is 56.7 Å². The highest BCUT2D eigenvalue weighted by Crippen LogP contribution is 2.27. The molecule has 0 spiro atoms. The van der Waals surface area contributed by atoms with E-state index in [0.717, 1.165) is 16.9 Å². The molecule has 0 aromatic heterocycles. The van der Waals surface area contributed by atoms with Gasteiger partial charge in [0.05, 0.1) is 11.4 Å². The lowest BCUT2D eigenvalue weighted by atomic mass is 10.1. The second-order valence-electron chi connectivity index (χ2n) is 5.52. The van der Waals surface area contributed by atoms with Gasteiger partial charge in [-0.3, -0.25) is 4.79 Å². The Kier molecular flexibility index (Phi) is 4.93. The molecular formula is C17H20ClN3O. The molecule has 0 bridgehead atoms. The lowest BCUT2D eigenvalue weighted by Gasteiger charge is -2.13. The van der Waals surface area contributed by atoms with Gasteiger partial charge in [0.2, 0.25) is 0 Å². The van der Waals surface area contributed by atoms with Gasteiger partial charge < -0.3 is 16.4 Å². The van der Waals surface area contributed by atoms with Crippen molar-refractivity contribution in [2.75, 3.05) is 11.1 Å². The summed E-state index contributed by atoms with van der Waals surface area (Å²) in [5, 5.41) is 6.73. The Morgan fingerprint density at radius 1 is 1.18 bits per heavy atom. The molecule has 0 saturated carbocycles. The summed E-state index contributed by atoms with van der Waals surface area (Å²) >= 11 is 6.11. The quantitative estimate of drug-likeness (QED) is 0.743. The third-order valence-electron chi connectivity index (χ3n) is 3.18. The minimum atomic E-state index is -0.133. The van der Waals surface area contributed by atoms with E-state index in [-0.39, 0.29) is 11.9 Å². The van der Waals surface area contributed by atoms with E-state index in [2.05, 4.69) is 10.6 Å². The average molecular weight is 318 g/mol. The Balaban J connectivity index is 2.19. The minimum Gasteiger partial charge on any atom is -0.397 e. The highest BCUT2D eigenvalue weighted by Gasteiger charge is 2.09. The molecule has 0 atom stereocenters. The Hall–Kier alpha value is -2.20. The van der Waals surface area contributed by atoms with Crippen LogP contribution in [0.15, 0.2) is 36.4 Å². The maximum Gasteiger partial charge on any atom is 0.251 e. The molecule has 0 radical (unpaired) electrons. The van der Waals surface area contributed by atoms with Gasteiger partial charge in [0.15, 0.2) is 0 Å². The molecule has 0 saturated heterocycles. The number of rotatable bonds is 4.